The van der Waals surface area contributed by atoms with E-state index in [1.54, 1.807) is 0 Å². The molecular formula is C69H130O17P2. The normalized spacial score (nSPS) is 14.4. The fraction of sp³-hybridized carbons (Fsp3) is 0.884. The topological polar surface area (TPSA) is 237 Å². The smallest absolute Gasteiger partial charge is 0.462 e. The summed E-state index contributed by atoms with van der Waals surface area (Å²) in [5, 5.41) is 10.6. The minimum absolute atomic E-state index is 0.0842. The number of ether oxygens (including phenoxy) is 4. The van der Waals surface area contributed by atoms with Crippen LogP contribution in [-0.2, 0) is 65.4 Å². The summed E-state index contributed by atoms with van der Waals surface area (Å²) < 4.78 is 68.1. The third-order valence-corrected chi connectivity index (χ3v) is 17.2. The minimum Gasteiger partial charge on any atom is -0.462 e. The van der Waals surface area contributed by atoms with Crippen molar-refractivity contribution in [1.82, 2.24) is 0 Å². The lowest BCUT2D eigenvalue weighted by Gasteiger charge is -2.21. The van der Waals surface area contributed by atoms with Gasteiger partial charge < -0.3 is 33.8 Å². The van der Waals surface area contributed by atoms with Crippen LogP contribution in [-0.4, -0.2) is 96.7 Å². The highest BCUT2D eigenvalue weighted by molar-refractivity contribution is 7.47. The van der Waals surface area contributed by atoms with Crippen LogP contribution in [0.15, 0.2) is 24.3 Å². The first-order valence-electron chi connectivity index (χ1n) is 35.2. The molecule has 0 saturated heterocycles. The molecule has 5 atom stereocenters. The summed E-state index contributed by atoms with van der Waals surface area (Å²) in [6.07, 6.45) is 45.5. The fourth-order valence-corrected chi connectivity index (χ4v) is 11.4. The minimum atomic E-state index is -4.96. The van der Waals surface area contributed by atoms with Gasteiger partial charge in [0.15, 0.2) is 12.2 Å². The van der Waals surface area contributed by atoms with E-state index in [-0.39, 0.29) is 25.7 Å². The van der Waals surface area contributed by atoms with Crippen molar-refractivity contribution in [1.29, 1.82) is 0 Å². The maximum absolute atomic E-state index is 13.0. The first-order chi connectivity index (χ1) is 42.2. The molecule has 88 heavy (non-hydrogen) atoms. The second-order valence-electron chi connectivity index (χ2n) is 25.7. The van der Waals surface area contributed by atoms with Crippen molar-refractivity contribution >= 4 is 39.5 Å². The fourth-order valence-electron chi connectivity index (χ4n) is 9.82. The second kappa shape index (κ2) is 59.5. The van der Waals surface area contributed by atoms with Crippen LogP contribution in [0.4, 0.5) is 0 Å². The highest BCUT2D eigenvalue weighted by atomic mass is 31.2. The maximum Gasteiger partial charge on any atom is 0.472 e. The lowest BCUT2D eigenvalue weighted by Crippen LogP contribution is -2.30. The van der Waals surface area contributed by atoms with Gasteiger partial charge in [-0.25, -0.2) is 9.13 Å². The van der Waals surface area contributed by atoms with E-state index in [4.69, 9.17) is 37.0 Å². The molecule has 3 unspecified atom stereocenters. The van der Waals surface area contributed by atoms with Crippen molar-refractivity contribution in [3.05, 3.63) is 24.3 Å². The lowest BCUT2D eigenvalue weighted by atomic mass is 10.0. The second-order valence-corrected chi connectivity index (χ2v) is 28.6. The Balaban J connectivity index is 5.28. The molecule has 518 valence electrons. The summed E-state index contributed by atoms with van der Waals surface area (Å²) in [6, 6.07) is 0. The largest absolute Gasteiger partial charge is 0.472 e. The van der Waals surface area contributed by atoms with Gasteiger partial charge in [0.1, 0.15) is 19.3 Å². The van der Waals surface area contributed by atoms with E-state index in [0.29, 0.717) is 37.5 Å². The van der Waals surface area contributed by atoms with Crippen LogP contribution in [0.2, 0.25) is 0 Å². The average molecular weight is 1290 g/mol. The van der Waals surface area contributed by atoms with Gasteiger partial charge in [-0.3, -0.25) is 37.3 Å². The van der Waals surface area contributed by atoms with E-state index in [9.17, 15) is 43.2 Å². The number of carbonyl (C=O) groups excluding carboxylic acids is 4. The van der Waals surface area contributed by atoms with Gasteiger partial charge in [-0.15, -0.1) is 0 Å². The molecule has 0 rings (SSSR count). The number of rotatable bonds is 65. The van der Waals surface area contributed by atoms with Crippen LogP contribution in [0.25, 0.3) is 0 Å². The number of allylic oxidation sites excluding steroid dienone is 4. The molecule has 0 radical (unpaired) electrons. The van der Waals surface area contributed by atoms with Crippen molar-refractivity contribution in [3.63, 3.8) is 0 Å². The van der Waals surface area contributed by atoms with Gasteiger partial charge in [0.2, 0.25) is 0 Å². The molecule has 19 heteroatoms. The summed E-state index contributed by atoms with van der Waals surface area (Å²) in [4.78, 5) is 72.4. The van der Waals surface area contributed by atoms with Crippen LogP contribution >= 0.6 is 15.6 Å². The van der Waals surface area contributed by atoms with E-state index < -0.39 is 97.5 Å². The van der Waals surface area contributed by atoms with Crippen molar-refractivity contribution in [2.45, 2.75) is 336 Å². The Morgan fingerprint density at radius 3 is 0.920 bits per heavy atom. The Morgan fingerprint density at radius 1 is 0.352 bits per heavy atom. The number of aliphatic hydroxyl groups is 1. The van der Waals surface area contributed by atoms with Crippen molar-refractivity contribution in [2.24, 2.45) is 17.8 Å². The van der Waals surface area contributed by atoms with Crippen LogP contribution in [0.1, 0.15) is 318 Å². The predicted octanol–water partition coefficient (Wildman–Crippen LogP) is 19.0. The zero-order valence-electron chi connectivity index (χ0n) is 56.7. The standard InChI is InChI=1S/C69H130O17P2/c1-8-9-10-11-12-13-14-15-16-17-20-24-29-38-45-52-68(73)85-64(56-79-66(71)50-43-36-28-23-21-18-19-22-26-33-40-47-60(2)3)58-83-87(75,76)81-54-63(70)55-82-88(77,78)84-59-65(86-69(74)53-46-39-32-31-35-42-49-62(6)7)57-80-67(72)51-44-37-30-25-27-34-41-48-61(4)5/h13-16,60-65,70H,8-12,17-59H2,1-7H3,(H,75,76)(H,77,78)/b14-13-,16-15-/t63?,64-,65-/m1/s1. The quantitative estimate of drug-likeness (QED) is 0.0169. The van der Waals surface area contributed by atoms with E-state index in [2.05, 4.69) is 72.8 Å². The van der Waals surface area contributed by atoms with Crippen LogP contribution in [0.5, 0.6) is 0 Å². The molecule has 0 heterocycles. The first kappa shape index (κ1) is 85.5. The Bertz CT molecular complexity index is 1830. The summed E-state index contributed by atoms with van der Waals surface area (Å²) in [5.41, 5.74) is 0. The number of hydrogen-bond acceptors (Lipinski definition) is 15. The predicted molar refractivity (Wildman–Crippen MR) is 354 cm³/mol. The van der Waals surface area contributed by atoms with Gasteiger partial charge in [-0.2, -0.15) is 0 Å². The van der Waals surface area contributed by atoms with Crippen LogP contribution in [0, 0.1) is 17.8 Å². The van der Waals surface area contributed by atoms with E-state index in [0.717, 1.165) is 115 Å². The third-order valence-electron chi connectivity index (χ3n) is 15.3. The Labute approximate surface area is 535 Å². The molecule has 0 aromatic rings. The molecule has 0 aliphatic heterocycles. The van der Waals surface area contributed by atoms with Crippen molar-refractivity contribution in [3.8, 4) is 0 Å². The van der Waals surface area contributed by atoms with Gasteiger partial charge in [0.25, 0.3) is 0 Å². The van der Waals surface area contributed by atoms with Gasteiger partial charge in [-0.05, 0) is 69.1 Å². The molecule has 0 aromatic heterocycles. The molecule has 0 saturated carbocycles. The average Bonchev–Trinajstić information content (AvgIpc) is 3.38. The first-order valence-corrected chi connectivity index (χ1v) is 38.2. The number of unbranched alkanes of at least 4 members (excludes halogenated alkanes) is 30. The van der Waals surface area contributed by atoms with Gasteiger partial charge in [0.05, 0.1) is 26.4 Å². The summed E-state index contributed by atoms with van der Waals surface area (Å²) in [6.45, 7) is 11.6. The van der Waals surface area contributed by atoms with Crippen molar-refractivity contribution in [2.75, 3.05) is 39.6 Å². The van der Waals surface area contributed by atoms with Gasteiger partial charge >= 0.3 is 39.5 Å². The molecule has 3 N–H and O–H groups in total. The van der Waals surface area contributed by atoms with Gasteiger partial charge in [-0.1, -0.05) is 265 Å². The maximum atomic E-state index is 13.0. The zero-order chi connectivity index (χ0) is 65.2. The molecule has 0 bridgehead atoms. The number of esters is 4. The van der Waals surface area contributed by atoms with Crippen molar-refractivity contribution < 1.29 is 80.2 Å². The molecule has 0 aliphatic carbocycles. The van der Waals surface area contributed by atoms with E-state index in [1.165, 1.54) is 109 Å². The highest BCUT2D eigenvalue weighted by Crippen LogP contribution is 2.45. The molecule has 0 aromatic carbocycles. The van der Waals surface area contributed by atoms with Crippen LogP contribution in [0.3, 0.4) is 0 Å². The number of phosphoric acid groups is 2. The summed E-state index contributed by atoms with van der Waals surface area (Å²) >= 11 is 0. The molecule has 0 amide bonds. The third kappa shape index (κ3) is 62.4. The summed E-state index contributed by atoms with van der Waals surface area (Å²) in [5.74, 6) is -0.0244. The number of aliphatic hydroxyl groups excluding tert-OH is 1. The Hall–Kier alpha value is -2.46. The molecular weight excluding hydrogens is 1160 g/mol. The molecule has 0 aliphatic rings. The Kier molecular flexibility index (Phi) is 57.9. The van der Waals surface area contributed by atoms with Crippen LogP contribution < -0.4 is 0 Å². The number of phosphoric ester groups is 2. The van der Waals surface area contributed by atoms with E-state index in [1.807, 2.05) is 0 Å². The lowest BCUT2D eigenvalue weighted by molar-refractivity contribution is -0.161. The highest BCUT2D eigenvalue weighted by Gasteiger charge is 2.30. The number of carbonyl (C=O) groups is 4. The Morgan fingerprint density at radius 2 is 0.614 bits per heavy atom. The number of hydrogen-bond donors (Lipinski definition) is 3. The molecule has 17 nitrogen and oxygen atoms in total. The van der Waals surface area contributed by atoms with Gasteiger partial charge in [0, 0.05) is 25.7 Å². The monoisotopic (exact) mass is 1290 g/mol. The summed E-state index contributed by atoms with van der Waals surface area (Å²) in [7, 11) is -9.91. The SMILES string of the molecule is CCCCCC/C=C\C=C/CCCCCCCC(=O)O[C@H](COC(=O)CCCCCCCCCCCCCC(C)C)COP(=O)(O)OCC(O)COP(=O)(O)OC[C@@H](COC(=O)CCCCCCCCCC(C)C)OC(=O)CCCCCCCCC(C)C. The van der Waals surface area contributed by atoms with E-state index >= 15 is 0 Å². The zero-order valence-corrected chi connectivity index (χ0v) is 58.5. The molecule has 0 fully saturated rings. The molecule has 0 spiro atoms.